The van der Waals surface area contributed by atoms with Gasteiger partial charge in [0.1, 0.15) is 5.75 Å². The van der Waals surface area contributed by atoms with Crippen LogP contribution in [-0.2, 0) is 4.74 Å². The summed E-state index contributed by atoms with van der Waals surface area (Å²) in [6, 6.07) is 10.4. The van der Waals surface area contributed by atoms with Gasteiger partial charge in [-0.3, -0.25) is 4.79 Å². The maximum Gasteiger partial charge on any atom is 0.338 e. The van der Waals surface area contributed by atoms with Gasteiger partial charge in [0, 0.05) is 5.56 Å². The maximum atomic E-state index is 12.1. The van der Waals surface area contributed by atoms with Crippen LogP contribution in [-0.4, -0.2) is 25.5 Å². The predicted molar refractivity (Wildman–Crippen MR) is 91.2 cm³/mol. The highest BCUT2D eigenvalue weighted by Gasteiger charge is 2.14. The number of methoxy groups -OCH3 is 1. The fourth-order valence-corrected chi connectivity index (χ4v) is 2.72. The van der Waals surface area contributed by atoms with Crippen molar-refractivity contribution < 1.29 is 19.1 Å². The van der Waals surface area contributed by atoms with Crippen LogP contribution in [0.15, 0.2) is 40.9 Å². The van der Waals surface area contributed by atoms with Gasteiger partial charge in [-0.25, -0.2) is 4.79 Å². The first-order valence-electron chi connectivity index (χ1n) is 7.03. The average Bonchev–Trinajstić information content (AvgIpc) is 2.52. The maximum absolute atomic E-state index is 12.1. The molecule has 2 aromatic carbocycles. The van der Waals surface area contributed by atoms with Crippen LogP contribution in [0.2, 0.25) is 0 Å². The van der Waals surface area contributed by atoms with Crippen LogP contribution in [0.3, 0.4) is 0 Å². The Morgan fingerprint density at radius 1 is 1.09 bits per heavy atom. The highest BCUT2D eigenvalue weighted by molar-refractivity contribution is 9.10. The molecule has 0 aliphatic heterocycles. The van der Waals surface area contributed by atoms with Gasteiger partial charge in [-0.05, 0) is 59.6 Å². The molecule has 0 heterocycles. The summed E-state index contributed by atoms with van der Waals surface area (Å²) in [5.74, 6) is -0.135. The highest BCUT2D eigenvalue weighted by atomic mass is 79.9. The third-order valence-electron chi connectivity index (χ3n) is 3.41. The SMILES string of the molecule is COc1ccc(C(=O)COC(=O)c2ccc(C)cc2C)cc1Br. The summed E-state index contributed by atoms with van der Waals surface area (Å²) in [6.07, 6.45) is 0. The zero-order valence-electron chi connectivity index (χ0n) is 13.2. The van der Waals surface area contributed by atoms with E-state index in [0.717, 1.165) is 11.1 Å². The van der Waals surface area contributed by atoms with Crippen LogP contribution < -0.4 is 4.74 Å². The number of Topliss-reactive ketones (excluding diaryl/α,β-unsaturated/α-hetero) is 1. The van der Waals surface area contributed by atoms with Crippen LogP contribution in [0, 0.1) is 13.8 Å². The lowest BCUT2D eigenvalue weighted by molar-refractivity contribution is 0.0474. The third-order valence-corrected chi connectivity index (χ3v) is 4.03. The summed E-state index contributed by atoms with van der Waals surface area (Å²) in [5, 5.41) is 0. The topological polar surface area (TPSA) is 52.6 Å². The van der Waals surface area contributed by atoms with Crippen LogP contribution in [0.25, 0.3) is 0 Å². The van der Waals surface area contributed by atoms with E-state index in [1.54, 1.807) is 31.4 Å². The number of aryl methyl sites for hydroxylation is 2. The molecule has 0 spiro atoms. The molecule has 0 saturated heterocycles. The summed E-state index contributed by atoms with van der Waals surface area (Å²) >= 11 is 3.32. The Balaban J connectivity index is 2.04. The summed E-state index contributed by atoms with van der Waals surface area (Å²) in [7, 11) is 1.55. The number of hydrogen-bond acceptors (Lipinski definition) is 4. The molecule has 0 aliphatic carbocycles. The largest absolute Gasteiger partial charge is 0.496 e. The molecule has 2 rings (SSSR count). The van der Waals surface area contributed by atoms with Gasteiger partial charge in [0.25, 0.3) is 0 Å². The van der Waals surface area contributed by atoms with Crippen molar-refractivity contribution in [3.8, 4) is 5.75 Å². The summed E-state index contributed by atoms with van der Waals surface area (Å²) in [5.41, 5.74) is 2.82. The molecule has 0 aliphatic rings. The lowest BCUT2D eigenvalue weighted by atomic mass is 10.1. The lowest BCUT2D eigenvalue weighted by Gasteiger charge is -2.08. The van der Waals surface area contributed by atoms with Gasteiger partial charge in [0.2, 0.25) is 0 Å². The van der Waals surface area contributed by atoms with Crippen LogP contribution in [0.5, 0.6) is 5.75 Å². The summed E-state index contributed by atoms with van der Waals surface area (Å²) < 4.78 is 10.9. The minimum atomic E-state index is -0.497. The number of rotatable bonds is 5. The number of carbonyl (C=O) groups excluding carboxylic acids is 2. The third kappa shape index (κ3) is 4.20. The number of carbonyl (C=O) groups is 2. The average molecular weight is 377 g/mol. The van der Waals surface area contributed by atoms with Gasteiger partial charge in [-0.1, -0.05) is 17.7 Å². The summed E-state index contributed by atoms with van der Waals surface area (Å²) in [6.45, 7) is 3.49. The Labute approximate surface area is 143 Å². The molecule has 0 unspecified atom stereocenters. The molecular weight excluding hydrogens is 360 g/mol. The van der Waals surface area contributed by atoms with Gasteiger partial charge in [-0.2, -0.15) is 0 Å². The van der Waals surface area contributed by atoms with Crippen molar-refractivity contribution in [3.05, 3.63) is 63.1 Å². The molecule has 23 heavy (non-hydrogen) atoms. The predicted octanol–water partition coefficient (Wildman–Crippen LogP) is 4.11. The van der Waals surface area contributed by atoms with Crippen molar-refractivity contribution in [2.75, 3.05) is 13.7 Å². The van der Waals surface area contributed by atoms with E-state index in [1.165, 1.54) is 0 Å². The molecule has 0 aromatic heterocycles. The molecule has 0 atom stereocenters. The second-order valence-electron chi connectivity index (χ2n) is 5.17. The number of esters is 1. The standard InChI is InChI=1S/C18H17BrO4/c1-11-4-6-14(12(2)8-11)18(21)23-10-16(20)13-5-7-17(22-3)15(19)9-13/h4-9H,10H2,1-3H3. The van der Waals surface area contributed by atoms with E-state index < -0.39 is 5.97 Å². The minimum Gasteiger partial charge on any atom is -0.496 e. The van der Waals surface area contributed by atoms with E-state index in [2.05, 4.69) is 15.9 Å². The van der Waals surface area contributed by atoms with Crippen molar-refractivity contribution in [3.63, 3.8) is 0 Å². The Bertz CT molecular complexity index is 753. The molecular formula is C18H17BrO4. The van der Waals surface area contributed by atoms with E-state index in [0.29, 0.717) is 21.3 Å². The van der Waals surface area contributed by atoms with Crippen LogP contribution in [0.4, 0.5) is 0 Å². The van der Waals surface area contributed by atoms with E-state index in [4.69, 9.17) is 9.47 Å². The molecule has 0 N–H and O–H groups in total. The highest BCUT2D eigenvalue weighted by Crippen LogP contribution is 2.25. The lowest BCUT2D eigenvalue weighted by Crippen LogP contribution is -2.15. The molecule has 5 heteroatoms. The smallest absolute Gasteiger partial charge is 0.338 e. The number of benzene rings is 2. The zero-order chi connectivity index (χ0) is 17.0. The first-order valence-corrected chi connectivity index (χ1v) is 7.83. The monoisotopic (exact) mass is 376 g/mol. The van der Waals surface area contributed by atoms with Gasteiger partial charge < -0.3 is 9.47 Å². The number of ketones is 1. The molecule has 0 fully saturated rings. The van der Waals surface area contributed by atoms with E-state index in [-0.39, 0.29) is 12.4 Å². The first-order chi connectivity index (χ1) is 10.9. The van der Waals surface area contributed by atoms with E-state index in [1.807, 2.05) is 26.0 Å². The fraction of sp³-hybridized carbons (Fsp3) is 0.222. The van der Waals surface area contributed by atoms with Crippen molar-refractivity contribution in [1.82, 2.24) is 0 Å². The first kappa shape index (κ1) is 17.2. The van der Waals surface area contributed by atoms with Gasteiger partial charge in [0.15, 0.2) is 12.4 Å². The molecule has 0 amide bonds. The molecule has 0 radical (unpaired) electrons. The zero-order valence-corrected chi connectivity index (χ0v) is 14.8. The van der Waals surface area contributed by atoms with Crippen molar-refractivity contribution in [2.45, 2.75) is 13.8 Å². The van der Waals surface area contributed by atoms with Crippen LogP contribution in [0.1, 0.15) is 31.8 Å². The van der Waals surface area contributed by atoms with Crippen LogP contribution >= 0.6 is 15.9 Å². The normalized spacial score (nSPS) is 10.3. The second kappa shape index (κ2) is 7.42. The van der Waals surface area contributed by atoms with Crippen molar-refractivity contribution >= 4 is 27.7 Å². The quantitative estimate of drug-likeness (QED) is 0.581. The van der Waals surface area contributed by atoms with Gasteiger partial charge >= 0.3 is 5.97 Å². The van der Waals surface area contributed by atoms with E-state index >= 15 is 0 Å². The van der Waals surface area contributed by atoms with Gasteiger partial charge in [-0.15, -0.1) is 0 Å². The Morgan fingerprint density at radius 3 is 2.43 bits per heavy atom. The number of halogens is 1. The number of ether oxygens (including phenoxy) is 2. The number of hydrogen-bond donors (Lipinski definition) is 0. The molecule has 0 bridgehead atoms. The second-order valence-corrected chi connectivity index (χ2v) is 6.02. The molecule has 120 valence electrons. The molecule has 4 nitrogen and oxygen atoms in total. The van der Waals surface area contributed by atoms with Crippen molar-refractivity contribution in [2.24, 2.45) is 0 Å². The fourth-order valence-electron chi connectivity index (χ4n) is 2.17. The Morgan fingerprint density at radius 2 is 1.83 bits per heavy atom. The Hall–Kier alpha value is -2.14. The molecule has 2 aromatic rings. The minimum absolute atomic E-state index is 0.272. The molecule has 0 saturated carbocycles. The van der Waals surface area contributed by atoms with Crippen molar-refractivity contribution in [1.29, 1.82) is 0 Å². The van der Waals surface area contributed by atoms with E-state index in [9.17, 15) is 9.59 Å². The summed E-state index contributed by atoms with van der Waals surface area (Å²) in [4.78, 5) is 24.2. The van der Waals surface area contributed by atoms with Gasteiger partial charge in [0.05, 0.1) is 17.1 Å². The Kier molecular flexibility index (Phi) is 5.55.